The molecule has 0 aliphatic carbocycles. The summed E-state index contributed by atoms with van der Waals surface area (Å²) < 4.78 is 1.77. The van der Waals surface area contributed by atoms with Crippen LogP contribution in [-0.2, 0) is 0 Å². The predicted molar refractivity (Wildman–Crippen MR) is 66.3 cm³/mol. The minimum atomic E-state index is -0.0767. The lowest BCUT2D eigenvalue weighted by atomic mass is 10.2. The average Bonchev–Trinajstić information content (AvgIpc) is 2.72. The largest absolute Gasteiger partial charge is 0.352 e. The van der Waals surface area contributed by atoms with E-state index < -0.39 is 0 Å². The molecule has 0 bridgehead atoms. The summed E-state index contributed by atoms with van der Waals surface area (Å²) in [6, 6.07) is 9.76. The lowest BCUT2D eigenvalue weighted by Crippen LogP contribution is -2.23. The number of carbonyl (C=O) groups is 1. The molecule has 0 fully saturated rings. The third-order valence-corrected chi connectivity index (χ3v) is 2.59. The number of nitrogens with one attached hydrogen (secondary N) is 1. The van der Waals surface area contributed by atoms with Gasteiger partial charge in [0.2, 0.25) is 0 Å². The third-order valence-electron chi connectivity index (χ3n) is 2.59. The molecule has 0 aliphatic heterocycles. The normalized spacial score (nSPS) is 10.2. The number of hydrogen-bond donors (Lipinski definition) is 1. The van der Waals surface area contributed by atoms with E-state index in [1.54, 1.807) is 10.9 Å². The molecule has 4 heteroatoms. The molecular weight excluding hydrogens is 214 g/mol. The van der Waals surface area contributed by atoms with Crippen LogP contribution in [0.3, 0.4) is 0 Å². The molecule has 1 aromatic carbocycles. The van der Waals surface area contributed by atoms with Gasteiger partial charge in [-0.05, 0) is 26.0 Å². The van der Waals surface area contributed by atoms with Crippen molar-refractivity contribution in [3.8, 4) is 5.69 Å². The van der Waals surface area contributed by atoms with Gasteiger partial charge in [0.05, 0.1) is 23.1 Å². The van der Waals surface area contributed by atoms with E-state index in [2.05, 4.69) is 10.4 Å². The molecule has 2 rings (SSSR count). The van der Waals surface area contributed by atoms with Gasteiger partial charge in [-0.25, -0.2) is 4.68 Å². The van der Waals surface area contributed by atoms with E-state index in [-0.39, 0.29) is 5.91 Å². The summed E-state index contributed by atoms with van der Waals surface area (Å²) in [6.45, 7) is 4.41. The van der Waals surface area contributed by atoms with Crippen LogP contribution in [0.25, 0.3) is 5.69 Å². The zero-order valence-electron chi connectivity index (χ0n) is 9.97. The summed E-state index contributed by atoms with van der Waals surface area (Å²) in [5, 5.41) is 7.02. The highest BCUT2D eigenvalue weighted by Crippen LogP contribution is 2.13. The summed E-state index contributed by atoms with van der Waals surface area (Å²) in [5.74, 6) is -0.0767. The maximum absolute atomic E-state index is 11.7. The van der Waals surface area contributed by atoms with E-state index in [4.69, 9.17) is 0 Å². The molecule has 0 spiro atoms. The number of amides is 1. The highest BCUT2D eigenvalue weighted by Gasteiger charge is 2.13. The Balaban J connectivity index is 2.37. The summed E-state index contributed by atoms with van der Waals surface area (Å²) in [5.41, 5.74) is 2.43. The minimum absolute atomic E-state index is 0.0767. The molecule has 0 unspecified atom stereocenters. The van der Waals surface area contributed by atoms with Crippen molar-refractivity contribution in [3.05, 3.63) is 47.8 Å². The highest BCUT2D eigenvalue weighted by atomic mass is 16.1. The fourth-order valence-corrected chi connectivity index (χ4v) is 1.72. The fraction of sp³-hybridized carbons (Fsp3) is 0.231. The van der Waals surface area contributed by atoms with Crippen LogP contribution in [0.1, 0.15) is 23.0 Å². The molecule has 0 saturated heterocycles. The first-order chi connectivity index (χ1) is 8.24. The van der Waals surface area contributed by atoms with Gasteiger partial charge in [-0.15, -0.1) is 0 Å². The molecule has 0 atom stereocenters. The van der Waals surface area contributed by atoms with Gasteiger partial charge in [-0.3, -0.25) is 4.79 Å². The standard InChI is InChI=1S/C13H15N3O/c1-3-14-13(17)12-9-15-16(10(12)2)11-7-5-4-6-8-11/h4-9H,3H2,1-2H3,(H,14,17). The monoisotopic (exact) mass is 229 g/mol. The SMILES string of the molecule is CCNC(=O)c1cnn(-c2ccccc2)c1C. The van der Waals surface area contributed by atoms with Crippen LogP contribution >= 0.6 is 0 Å². The summed E-state index contributed by atoms with van der Waals surface area (Å²) in [4.78, 5) is 11.7. The van der Waals surface area contributed by atoms with Crippen molar-refractivity contribution >= 4 is 5.91 Å². The van der Waals surface area contributed by atoms with Gasteiger partial charge < -0.3 is 5.32 Å². The van der Waals surface area contributed by atoms with Gasteiger partial charge >= 0.3 is 0 Å². The van der Waals surface area contributed by atoms with E-state index >= 15 is 0 Å². The number of hydrogen-bond acceptors (Lipinski definition) is 2. The molecule has 1 amide bonds. The Morgan fingerprint density at radius 2 is 2.06 bits per heavy atom. The summed E-state index contributed by atoms with van der Waals surface area (Å²) >= 11 is 0. The van der Waals surface area contributed by atoms with Crippen LogP contribution in [0.5, 0.6) is 0 Å². The first-order valence-corrected chi connectivity index (χ1v) is 5.62. The number of carbonyl (C=O) groups excluding carboxylic acids is 1. The van der Waals surface area contributed by atoms with Crippen LogP contribution in [0.2, 0.25) is 0 Å². The Morgan fingerprint density at radius 1 is 1.35 bits per heavy atom. The van der Waals surface area contributed by atoms with Gasteiger partial charge in [-0.2, -0.15) is 5.10 Å². The van der Waals surface area contributed by atoms with Gasteiger partial charge in [-0.1, -0.05) is 18.2 Å². The van der Waals surface area contributed by atoms with Crippen molar-refractivity contribution in [1.29, 1.82) is 0 Å². The second-order valence-corrected chi connectivity index (χ2v) is 3.75. The van der Waals surface area contributed by atoms with Crippen molar-refractivity contribution in [2.45, 2.75) is 13.8 Å². The van der Waals surface area contributed by atoms with Gasteiger partial charge in [0.15, 0.2) is 0 Å². The van der Waals surface area contributed by atoms with Gasteiger partial charge in [0.25, 0.3) is 5.91 Å². The van der Waals surface area contributed by atoms with E-state index in [1.807, 2.05) is 44.2 Å². The fourth-order valence-electron chi connectivity index (χ4n) is 1.72. The molecule has 4 nitrogen and oxygen atoms in total. The first-order valence-electron chi connectivity index (χ1n) is 5.62. The smallest absolute Gasteiger partial charge is 0.254 e. The summed E-state index contributed by atoms with van der Waals surface area (Å²) in [6.07, 6.45) is 1.60. The quantitative estimate of drug-likeness (QED) is 0.874. The van der Waals surface area contributed by atoms with Crippen LogP contribution in [0.4, 0.5) is 0 Å². The zero-order valence-corrected chi connectivity index (χ0v) is 9.97. The summed E-state index contributed by atoms with van der Waals surface area (Å²) in [7, 11) is 0. The number of rotatable bonds is 3. The Hall–Kier alpha value is -2.10. The van der Waals surface area contributed by atoms with Crippen molar-refractivity contribution in [1.82, 2.24) is 15.1 Å². The van der Waals surface area contributed by atoms with E-state index in [0.717, 1.165) is 11.4 Å². The van der Waals surface area contributed by atoms with Crippen molar-refractivity contribution in [3.63, 3.8) is 0 Å². The van der Waals surface area contributed by atoms with Crippen LogP contribution < -0.4 is 5.32 Å². The van der Waals surface area contributed by atoms with Crippen molar-refractivity contribution in [2.24, 2.45) is 0 Å². The first kappa shape index (κ1) is 11.4. The van der Waals surface area contributed by atoms with Crippen LogP contribution in [-0.4, -0.2) is 22.2 Å². The molecular formula is C13H15N3O. The second kappa shape index (κ2) is 4.82. The molecule has 1 N–H and O–H groups in total. The van der Waals surface area contributed by atoms with E-state index in [1.165, 1.54) is 0 Å². The Morgan fingerprint density at radius 3 is 2.71 bits per heavy atom. The lowest BCUT2D eigenvalue weighted by Gasteiger charge is -2.05. The number of benzene rings is 1. The maximum atomic E-state index is 11.7. The van der Waals surface area contributed by atoms with E-state index in [9.17, 15) is 4.79 Å². The number of para-hydroxylation sites is 1. The molecule has 0 aliphatic rings. The van der Waals surface area contributed by atoms with Crippen molar-refractivity contribution < 1.29 is 4.79 Å². The zero-order chi connectivity index (χ0) is 12.3. The minimum Gasteiger partial charge on any atom is -0.352 e. The second-order valence-electron chi connectivity index (χ2n) is 3.75. The molecule has 2 aromatic rings. The molecule has 0 saturated carbocycles. The maximum Gasteiger partial charge on any atom is 0.254 e. The Kier molecular flexibility index (Phi) is 3.23. The van der Waals surface area contributed by atoms with Gasteiger partial charge in [0, 0.05) is 6.54 Å². The average molecular weight is 229 g/mol. The van der Waals surface area contributed by atoms with Crippen LogP contribution in [0, 0.1) is 6.92 Å². The molecule has 1 aromatic heterocycles. The van der Waals surface area contributed by atoms with Crippen LogP contribution in [0.15, 0.2) is 36.5 Å². The topological polar surface area (TPSA) is 46.9 Å². The Labute approximate surface area is 100 Å². The lowest BCUT2D eigenvalue weighted by molar-refractivity contribution is 0.0955. The van der Waals surface area contributed by atoms with Gasteiger partial charge in [0.1, 0.15) is 0 Å². The molecule has 0 radical (unpaired) electrons. The van der Waals surface area contributed by atoms with E-state index in [0.29, 0.717) is 12.1 Å². The number of aromatic nitrogens is 2. The molecule has 1 heterocycles. The molecule has 88 valence electrons. The Bertz CT molecular complexity index is 517. The third kappa shape index (κ3) is 2.20. The van der Waals surface area contributed by atoms with Crippen molar-refractivity contribution in [2.75, 3.05) is 6.54 Å². The number of nitrogens with zero attached hydrogens (tertiary/aromatic N) is 2. The highest BCUT2D eigenvalue weighted by molar-refractivity contribution is 5.95. The predicted octanol–water partition coefficient (Wildman–Crippen LogP) is 1.93. The molecule has 17 heavy (non-hydrogen) atoms.